The van der Waals surface area contributed by atoms with Crippen LogP contribution in [0.5, 0.6) is 11.5 Å². The van der Waals surface area contributed by atoms with Crippen LogP contribution in [0.4, 0.5) is 0 Å². The number of aromatic carboxylic acids is 1. The average Bonchev–Trinajstić information content (AvgIpc) is 2.49. The van der Waals surface area contributed by atoms with Crippen molar-refractivity contribution >= 4 is 23.5 Å². The minimum Gasteiger partial charge on any atom is -0.482 e. The molecule has 6 heteroatoms. The SMILES string of the molecule is Cc1cc(OCC(=O)Oc2cccc(C(=O)O)c2)ccc1Cl. The third-order valence-corrected chi connectivity index (χ3v) is 3.22. The van der Waals surface area contributed by atoms with E-state index in [4.69, 9.17) is 26.2 Å². The van der Waals surface area contributed by atoms with Gasteiger partial charge in [-0.2, -0.15) is 0 Å². The number of hydrogen-bond acceptors (Lipinski definition) is 4. The Hall–Kier alpha value is -2.53. The summed E-state index contributed by atoms with van der Waals surface area (Å²) < 4.78 is 10.3. The molecule has 114 valence electrons. The molecule has 22 heavy (non-hydrogen) atoms. The molecular weight excluding hydrogens is 308 g/mol. The van der Waals surface area contributed by atoms with Crippen molar-refractivity contribution in [3.63, 3.8) is 0 Å². The molecule has 1 N–H and O–H groups in total. The van der Waals surface area contributed by atoms with Crippen LogP contribution in [0, 0.1) is 6.92 Å². The van der Waals surface area contributed by atoms with E-state index in [0.29, 0.717) is 10.8 Å². The molecule has 0 saturated heterocycles. The summed E-state index contributed by atoms with van der Waals surface area (Å²) in [5.41, 5.74) is 0.876. The maximum absolute atomic E-state index is 11.7. The number of halogens is 1. The molecule has 0 fully saturated rings. The quantitative estimate of drug-likeness (QED) is 0.675. The Balaban J connectivity index is 1.94. The number of carbonyl (C=O) groups excluding carboxylic acids is 1. The first-order valence-corrected chi connectivity index (χ1v) is 6.76. The summed E-state index contributed by atoms with van der Waals surface area (Å²) >= 11 is 5.90. The van der Waals surface area contributed by atoms with Gasteiger partial charge in [0.2, 0.25) is 0 Å². The molecule has 0 aromatic heterocycles. The summed E-state index contributed by atoms with van der Waals surface area (Å²) in [6.45, 7) is 1.53. The van der Waals surface area contributed by atoms with Crippen molar-refractivity contribution in [1.29, 1.82) is 0 Å². The lowest BCUT2D eigenvalue weighted by atomic mass is 10.2. The lowest BCUT2D eigenvalue weighted by molar-refractivity contribution is -0.136. The first kappa shape index (κ1) is 15.9. The standard InChI is InChI=1S/C16H13ClO5/c1-10-7-12(5-6-14(10)17)21-9-15(18)22-13-4-2-3-11(8-13)16(19)20/h2-8H,9H2,1H3,(H,19,20). The van der Waals surface area contributed by atoms with Gasteiger partial charge in [-0.25, -0.2) is 9.59 Å². The predicted octanol–water partition coefficient (Wildman–Crippen LogP) is 3.33. The van der Waals surface area contributed by atoms with Gasteiger partial charge in [-0.05, 0) is 48.9 Å². The molecule has 2 aromatic carbocycles. The normalized spacial score (nSPS) is 10.1. The third kappa shape index (κ3) is 4.23. The van der Waals surface area contributed by atoms with Crippen molar-refractivity contribution in [3.05, 3.63) is 58.6 Å². The number of benzene rings is 2. The van der Waals surface area contributed by atoms with Crippen LogP contribution in [0.25, 0.3) is 0 Å². The van der Waals surface area contributed by atoms with E-state index in [-0.39, 0.29) is 17.9 Å². The molecular formula is C16H13ClO5. The molecule has 0 aliphatic rings. The summed E-state index contributed by atoms with van der Waals surface area (Å²) in [6, 6.07) is 10.7. The molecule has 0 aliphatic carbocycles. The molecule has 0 heterocycles. The van der Waals surface area contributed by atoms with Gasteiger partial charge in [0, 0.05) is 5.02 Å². The molecule has 2 aromatic rings. The summed E-state index contributed by atoms with van der Waals surface area (Å²) in [7, 11) is 0. The highest BCUT2D eigenvalue weighted by atomic mass is 35.5. The number of ether oxygens (including phenoxy) is 2. The Morgan fingerprint density at radius 3 is 2.59 bits per heavy atom. The Morgan fingerprint density at radius 1 is 1.14 bits per heavy atom. The topological polar surface area (TPSA) is 72.8 Å². The molecule has 5 nitrogen and oxygen atoms in total. The molecule has 0 radical (unpaired) electrons. The van der Waals surface area contributed by atoms with Gasteiger partial charge in [0.1, 0.15) is 11.5 Å². The monoisotopic (exact) mass is 320 g/mol. The van der Waals surface area contributed by atoms with Crippen LogP contribution >= 0.6 is 11.6 Å². The highest BCUT2D eigenvalue weighted by Crippen LogP contribution is 2.21. The van der Waals surface area contributed by atoms with E-state index in [1.54, 1.807) is 18.2 Å². The number of hydrogen-bond donors (Lipinski definition) is 1. The summed E-state index contributed by atoms with van der Waals surface area (Å²) in [5.74, 6) is -1.07. The highest BCUT2D eigenvalue weighted by Gasteiger charge is 2.09. The fraction of sp³-hybridized carbons (Fsp3) is 0.125. The summed E-state index contributed by atoms with van der Waals surface area (Å²) in [5, 5.41) is 9.48. The fourth-order valence-corrected chi connectivity index (χ4v) is 1.82. The second-order valence-corrected chi connectivity index (χ2v) is 4.91. The fourth-order valence-electron chi connectivity index (χ4n) is 1.70. The first-order chi connectivity index (χ1) is 10.5. The summed E-state index contributed by atoms with van der Waals surface area (Å²) in [6.07, 6.45) is 0. The second kappa shape index (κ2) is 6.95. The van der Waals surface area contributed by atoms with Crippen molar-refractivity contribution in [3.8, 4) is 11.5 Å². The van der Waals surface area contributed by atoms with Crippen molar-refractivity contribution in [2.45, 2.75) is 6.92 Å². The predicted molar refractivity (Wildman–Crippen MR) is 80.7 cm³/mol. The Morgan fingerprint density at radius 2 is 1.91 bits per heavy atom. The molecule has 0 spiro atoms. The lowest BCUT2D eigenvalue weighted by Gasteiger charge is -2.08. The van der Waals surface area contributed by atoms with Crippen molar-refractivity contribution in [2.75, 3.05) is 6.61 Å². The number of carbonyl (C=O) groups is 2. The van der Waals surface area contributed by atoms with Crippen LogP contribution in [0.3, 0.4) is 0 Å². The number of aryl methyl sites for hydroxylation is 1. The van der Waals surface area contributed by atoms with Crippen molar-refractivity contribution < 1.29 is 24.2 Å². The zero-order chi connectivity index (χ0) is 16.1. The van der Waals surface area contributed by atoms with Crippen LogP contribution in [0.2, 0.25) is 5.02 Å². The van der Waals surface area contributed by atoms with Crippen LogP contribution < -0.4 is 9.47 Å². The smallest absolute Gasteiger partial charge is 0.349 e. The van der Waals surface area contributed by atoms with E-state index in [1.807, 2.05) is 6.92 Å². The molecule has 0 aliphatic heterocycles. The van der Waals surface area contributed by atoms with Gasteiger partial charge in [-0.15, -0.1) is 0 Å². The van der Waals surface area contributed by atoms with Gasteiger partial charge in [0.15, 0.2) is 6.61 Å². The minimum absolute atomic E-state index is 0.0412. The van der Waals surface area contributed by atoms with Crippen LogP contribution in [0.1, 0.15) is 15.9 Å². The Bertz CT molecular complexity index is 711. The highest BCUT2D eigenvalue weighted by molar-refractivity contribution is 6.31. The average molecular weight is 321 g/mol. The van der Waals surface area contributed by atoms with Crippen LogP contribution in [0.15, 0.2) is 42.5 Å². The van der Waals surface area contributed by atoms with Crippen LogP contribution in [-0.2, 0) is 4.79 Å². The lowest BCUT2D eigenvalue weighted by Crippen LogP contribution is -2.17. The van der Waals surface area contributed by atoms with Gasteiger partial charge in [-0.3, -0.25) is 0 Å². The van der Waals surface area contributed by atoms with Gasteiger partial charge in [-0.1, -0.05) is 17.7 Å². The summed E-state index contributed by atoms with van der Waals surface area (Å²) in [4.78, 5) is 22.5. The zero-order valence-electron chi connectivity index (χ0n) is 11.7. The van der Waals surface area contributed by atoms with Gasteiger partial charge >= 0.3 is 11.9 Å². The molecule has 0 saturated carbocycles. The van der Waals surface area contributed by atoms with Gasteiger partial charge in [0.25, 0.3) is 0 Å². The van der Waals surface area contributed by atoms with E-state index in [2.05, 4.69) is 0 Å². The maximum Gasteiger partial charge on any atom is 0.349 e. The zero-order valence-corrected chi connectivity index (χ0v) is 12.5. The number of carboxylic acid groups (broad SMARTS) is 1. The number of rotatable bonds is 5. The van der Waals surface area contributed by atoms with E-state index in [0.717, 1.165) is 5.56 Å². The minimum atomic E-state index is -1.09. The Kier molecular flexibility index (Phi) is 5.01. The van der Waals surface area contributed by atoms with Crippen molar-refractivity contribution in [1.82, 2.24) is 0 Å². The Labute approximate surface area is 132 Å². The first-order valence-electron chi connectivity index (χ1n) is 6.38. The molecule has 0 amide bonds. The number of carboxylic acids is 1. The molecule has 0 atom stereocenters. The van der Waals surface area contributed by atoms with Gasteiger partial charge in [0.05, 0.1) is 5.56 Å². The molecule has 0 unspecified atom stereocenters. The van der Waals surface area contributed by atoms with Crippen LogP contribution in [-0.4, -0.2) is 23.7 Å². The molecule has 2 rings (SSSR count). The van der Waals surface area contributed by atoms with Crippen molar-refractivity contribution in [2.24, 2.45) is 0 Å². The third-order valence-electron chi connectivity index (χ3n) is 2.80. The van der Waals surface area contributed by atoms with Gasteiger partial charge < -0.3 is 14.6 Å². The van der Waals surface area contributed by atoms with E-state index >= 15 is 0 Å². The number of esters is 1. The van der Waals surface area contributed by atoms with E-state index in [9.17, 15) is 9.59 Å². The van der Waals surface area contributed by atoms with E-state index in [1.165, 1.54) is 24.3 Å². The maximum atomic E-state index is 11.7. The second-order valence-electron chi connectivity index (χ2n) is 4.51. The molecule has 0 bridgehead atoms. The largest absolute Gasteiger partial charge is 0.482 e. The van der Waals surface area contributed by atoms with E-state index < -0.39 is 11.9 Å².